The summed E-state index contributed by atoms with van der Waals surface area (Å²) in [7, 11) is 0. The van der Waals surface area contributed by atoms with Gasteiger partial charge in [-0.05, 0) is 36.8 Å². The fourth-order valence-electron chi connectivity index (χ4n) is 3.01. The summed E-state index contributed by atoms with van der Waals surface area (Å²) in [5.74, 6) is -1.15. The minimum atomic E-state index is -0.852. The van der Waals surface area contributed by atoms with Crippen LogP contribution in [0.1, 0.15) is 4.88 Å². The van der Waals surface area contributed by atoms with E-state index in [1.807, 2.05) is 19.1 Å². The average Bonchev–Trinajstić information content (AvgIpc) is 3.02. The zero-order valence-electron chi connectivity index (χ0n) is 15.2. The monoisotopic (exact) mass is 411 g/mol. The van der Waals surface area contributed by atoms with Crippen LogP contribution in [0, 0.1) is 18.6 Å². The SMILES string of the molecule is Cc1sc2ncnc(N)c2c1-c1ccc(NC(=O)Nc2ccc(F)cc2F)cc1. The second kappa shape index (κ2) is 7.44. The first-order valence-corrected chi connectivity index (χ1v) is 9.37. The molecule has 0 atom stereocenters. The van der Waals surface area contributed by atoms with Crippen LogP contribution in [-0.4, -0.2) is 16.0 Å². The Balaban J connectivity index is 1.54. The van der Waals surface area contributed by atoms with Gasteiger partial charge in [0.15, 0.2) is 0 Å². The van der Waals surface area contributed by atoms with E-state index < -0.39 is 17.7 Å². The van der Waals surface area contributed by atoms with Gasteiger partial charge in [0.2, 0.25) is 0 Å². The van der Waals surface area contributed by atoms with E-state index in [1.165, 1.54) is 17.7 Å². The Morgan fingerprint density at radius 3 is 2.55 bits per heavy atom. The van der Waals surface area contributed by atoms with Crippen LogP contribution in [0.5, 0.6) is 0 Å². The molecule has 0 radical (unpaired) electrons. The Hall–Kier alpha value is -3.59. The zero-order valence-corrected chi connectivity index (χ0v) is 16.0. The molecule has 0 unspecified atom stereocenters. The summed E-state index contributed by atoms with van der Waals surface area (Å²) in [4.78, 5) is 22.3. The summed E-state index contributed by atoms with van der Waals surface area (Å²) in [6, 6.07) is 9.41. The van der Waals surface area contributed by atoms with E-state index in [1.54, 1.807) is 12.1 Å². The van der Waals surface area contributed by atoms with Crippen LogP contribution in [0.2, 0.25) is 0 Å². The fraction of sp³-hybridized carbons (Fsp3) is 0.0500. The molecule has 0 fully saturated rings. The number of anilines is 3. The maximum Gasteiger partial charge on any atom is 0.323 e. The number of aromatic nitrogens is 2. The second-order valence-electron chi connectivity index (χ2n) is 6.25. The number of nitrogens with two attached hydrogens (primary N) is 1. The highest BCUT2D eigenvalue weighted by Gasteiger charge is 2.15. The average molecular weight is 411 g/mol. The van der Waals surface area contributed by atoms with Gasteiger partial charge >= 0.3 is 6.03 Å². The molecule has 6 nitrogen and oxygen atoms in total. The van der Waals surface area contributed by atoms with Crippen LogP contribution in [0.3, 0.4) is 0 Å². The van der Waals surface area contributed by atoms with Gasteiger partial charge in [-0.1, -0.05) is 12.1 Å². The van der Waals surface area contributed by atoms with Crippen LogP contribution in [0.4, 0.5) is 30.8 Å². The third-order valence-corrected chi connectivity index (χ3v) is 5.32. The molecule has 4 aromatic rings. The Labute approximate surface area is 168 Å². The molecule has 9 heteroatoms. The van der Waals surface area contributed by atoms with Gasteiger partial charge in [0.1, 0.15) is 28.6 Å². The molecule has 4 N–H and O–H groups in total. The molecule has 0 spiro atoms. The number of hydrogen-bond donors (Lipinski definition) is 3. The lowest BCUT2D eigenvalue weighted by atomic mass is 10.0. The van der Waals surface area contributed by atoms with Crippen LogP contribution in [0.25, 0.3) is 21.3 Å². The van der Waals surface area contributed by atoms with Gasteiger partial charge in [0.05, 0.1) is 11.1 Å². The van der Waals surface area contributed by atoms with Crippen molar-refractivity contribution in [2.24, 2.45) is 0 Å². The Kier molecular flexibility index (Phi) is 4.81. The number of nitrogen functional groups attached to an aromatic ring is 1. The van der Waals surface area contributed by atoms with Gasteiger partial charge in [-0.25, -0.2) is 23.5 Å². The number of hydrogen-bond acceptors (Lipinski definition) is 5. The van der Waals surface area contributed by atoms with Crippen LogP contribution in [0.15, 0.2) is 48.8 Å². The maximum atomic E-state index is 13.7. The van der Waals surface area contributed by atoms with Crippen LogP contribution >= 0.6 is 11.3 Å². The van der Waals surface area contributed by atoms with E-state index in [-0.39, 0.29) is 5.69 Å². The molecule has 2 heterocycles. The lowest BCUT2D eigenvalue weighted by Gasteiger charge is -2.09. The molecule has 0 aliphatic rings. The second-order valence-corrected chi connectivity index (χ2v) is 7.46. The molecule has 0 aliphatic carbocycles. The minimum Gasteiger partial charge on any atom is -0.383 e. The van der Waals surface area contributed by atoms with Gasteiger partial charge in [-0.3, -0.25) is 0 Å². The maximum absolute atomic E-state index is 13.7. The van der Waals surface area contributed by atoms with Crippen molar-refractivity contribution >= 4 is 44.8 Å². The number of amides is 2. The molecule has 29 heavy (non-hydrogen) atoms. The van der Waals surface area contributed by atoms with Crippen molar-refractivity contribution in [3.63, 3.8) is 0 Å². The van der Waals surface area contributed by atoms with Gasteiger partial charge in [-0.15, -0.1) is 11.3 Å². The van der Waals surface area contributed by atoms with Gasteiger partial charge in [0.25, 0.3) is 0 Å². The first-order valence-electron chi connectivity index (χ1n) is 8.55. The van der Waals surface area contributed by atoms with Crippen molar-refractivity contribution in [1.29, 1.82) is 0 Å². The quantitative estimate of drug-likeness (QED) is 0.434. The number of thiophene rings is 1. The first-order chi connectivity index (χ1) is 13.9. The topological polar surface area (TPSA) is 92.9 Å². The number of rotatable bonds is 3. The van der Waals surface area contributed by atoms with Gasteiger partial charge < -0.3 is 16.4 Å². The third kappa shape index (κ3) is 3.72. The van der Waals surface area contributed by atoms with Gasteiger partial charge in [0, 0.05) is 22.2 Å². The largest absolute Gasteiger partial charge is 0.383 e. The lowest BCUT2D eigenvalue weighted by molar-refractivity contribution is 0.262. The smallest absolute Gasteiger partial charge is 0.323 e. The standard InChI is InChI=1S/C20H15F2N5OS/c1-10-16(17-18(23)24-9-25-19(17)29-10)11-2-5-13(6-3-11)26-20(28)27-15-7-4-12(21)8-14(15)22/h2-9H,1H3,(H2,23,24,25)(H2,26,27,28). The van der Waals surface area contributed by atoms with E-state index in [9.17, 15) is 13.6 Å². The summed E-state index contributed by atoms with van der Waals surface area (Å²) >= 11 is 1.53. The Bertz CT molecular complexity index is 1220. The van der Waals surface area contributed by atoms with Crippen molar-refractivity contribution in [3.8, 4) is 11.1 Å². The Morgan fingerprint density at radius 1 is 1.07 bits per heavy atom. The lowest BCUT2D eigenvalue weighted by Crippen LogP contribution is -2.20. The molecule has 0 aliphatic heterocycles. The number of carbonyl (C=O) groups excluding carboxylic acids is 1. The van der Waals surface area contributed by atoms with Crippen molar-refractivity contribution in [2.45, 2.75) is 6.92 Å². The molecule has 0 saturated carbocycles. The molecular weight excluding hydrogens is 396 g/mol. The Morgan fingerprint density at radius 2 is 1.83 bits per heavy atom. The molecular formula is C20H15F2N5OS. The molecule has 146 valence electrons. The molecule has 0 bridgehead atoms. The van der Waals surface area contributed by atoms with E-state index in [4.69, 9.17) is 5.73 Å². The summed E-state index contributed by atoms with van der Waals surface area (Å²) < 4.78 is 26.6. The highest BCUT2D eigenvalue weighted by molar-refractivity contribution is 7.19. The van der Waals surface area contributed by atoms with E-state index in [0.717, 1.165) is 38.4 Å². The highest BCUT2D eigenvalue weighted by Crippen LogP contribution is 2.39. The number of halogens is 2. The van der Waals surface area contributed by atoms with Crippen LogP contribution in [-0.2, 0) is 0 Å². The summed E-state index contributed by atoms with van der Waals surface area (Å²) in [5.41, 5.74) is 8.29. The minimum absolute atomic E-state index is 0.114. The number of urea groups is 1. The molecule has 2 amide bonds. The highest BCUT2D eigenvalue weighted by atomic mass is 32.1. The van der Waals surface area contributed by atoms with Crippen molar-refractivity contribution in [1.82, 2.24) is 9.97 Å². The van der Waals surface area contributed by atoms with E-state index >= 15 is 0 Å². The predicted octanol–water partition coefficient (Wildman–Crippen LogP) is 5.17. The number of nitrogens with one attached hydrogen (secondary N) is 2. The number of fused-ring (bicyclic) bond motifs is 1. The molecule has 2 aromatic carbocycles. The normalized spacial score (nSPS) is 10.9. The fourth-order valence-corrected chi connectivity index (χ4v) is 4.03. The number of benzene rings is 2. The van der Waals surface area contributed by atoms with E-state index in [0.29, 0.717) is 17.6 Å². The number of aryl methyl sites for hydroxylation is 1. The van der Waals surface area contributed by atoms with E-state index in [2.05, 4.69) is 20.6 Å². The van der Waals surface area contributed by atoms with Crippen LogP contribution < -0.4 is 16.4 Å². The predicted molar refractivity (Wildman–Crippen MR) is 111 cm³/mol. The number of nitrogens with zero attached hydrogens (tertiary/aromatic N) is 2. The molecule has 0 saturated heterocycles. The van der Waals surface area contributed by atoms with Crippen molar-refractivity contribution < 1.29 is 13.6 Å². The van der Waals surface area contributed by atoms with Gasteiger partial charge in [-0.2, -0.15) is 0 Å². The van der Waals surface area contributed by atoms with Crippen molar-refractivity contribution in [3.05, 3.63) is 65.3 Å². The summed E-state index contributed by atoms with van der Waals surface area (Å²) in [6.07, 6.45) is 1.44. The molecule has 4 rings (SSSR count). The van der Waals surface area contributed by atoms with Crippen molar-refractivity contribution in [2.75, 3.05) is 16.4 Å². The summed E-state index contributed by atoms with van der Waals surface area (Å²) in [6.45, 7) is 1.98. The summed E-state index contributed by atoms with van der Waals surface area (Å²) in [5, 5.41) is 5.76. The third-order valence-electron chi connectivity index (χ3n) is 4.30. The molecule has 2 aromatic heterocycles. The number of carbonyl (C=O) groups is 1. The zero-order chi connectivity index (χ0) is 20.5. The first kappa shape index (κ1) is 18.8.